The Hall–Kier alpha value is -2.05. The molecule has 1 aromatic rings. The zero-order chi connectivity index (χ0) is 15.8. The zero-order valence-electron chi connectivity index (χ0n) is 13.0. The smallest absolute Gasteiger partial charge is 0.318 e. The van der Waals surface area contributed by atoms with Crippen molar-refractivity contribution in [2.45, 2.75) is 51.5 Å². The van der Waals surface area contributed by atoms with E-state index >= 15 is 0 Å². The molecule has 1 aromatic heterocycles. The van der Waals surface area contributed by atoms with E-state index in [4.69, 9.17) is 0 Å². The standard InChI is InChI=1S/C15H24N4O3/c1-2-9-19(11-14(20)17-13-8-10-22-18-13)15(21)16-12-6-4-3-5-7-12/h8,10,12H,2-7,9,11H2,1H3,(H,16,21)(H,17,18,20). The third-order valence-corrected chi connectivity index (χ3v) is 3.75. The van der Waals surface area contributed by atoms with Gasteiger partial charge in [0.25, 0.3) is 0 Å². The van der Waals surface area contributed by atoms with Gasteiger partial charge in [-0.25, -0.2) is 4.79 Å². The summed E-state index contributed by atoms with van der Waals surface area (Å²) in [6.45, 7) is 2.54. The highest BCUT2D eigenvalue weighted by Gasteiger charge is 2.21. The molecular weight excluding hydrogens is 284 g/mol. The molecule has 0 spiro atoms. The van der Waals surface area contributed by atoms with Crippen molar-refractivity contribution < 1.29 is 14.1 Å². The molecule has 22 heavy (non-hydrogen) atoms. The Morgan fingerprint density at radius 3 is 2.77 bits per heavy atom. The first-order valence-electron chi connectivity index (χ1n) is 7.94. The van der Waals surface area contributed by atoms with Gasteiger partial charge in [-0.1, -0.05) is 31.3 Å². The number of rotatable bonds is 6. The number of hydrogen-bond donors (Lipinski definition) is 2. The summed E-state index contributed by atoms with van der Waals surface area (Å²) in [5.74, 6) is 0.0790. The van der Waals surface area contributed by atoms with Crippen LogP contribution in [0.2, 0.25) is 0 Å². The van der Waals surface area contributed by atoms with Crippen molar-refractivity contribution in [2.75, 3.05) is 18.4 Å². The molecule has 3 amide bonds. The van der Waals surface area contributed by atoms with Gasteiger partial charge in [-0.2, -0.15) is 0 Å². The molecule has 1 saturated carbocycles. The van der Waals surface area contributed by atoms with E-state index in [1.165, 1.54) is 12.7 Å². The van der Waals surface area contributed by atoms with Crippen LogP contribution in [0.15, 0.2) is 16.9 Å². The maximum absolute atomic E-state index is 12.3. The summed E-state index contributed by atoms with van der Waals surface area (Å²) in [5.41, 5.74) is 0. The molecule has 1 fully saturated rings. The molecule has 2 rings (SSSR count). The van der Waals surface area contributed by atoms with Gasteiger partial charge in [-0.15, -0.1) is 0 Å². The lowest BCUT2D eigenvalue weighted by Crippen LogP contribution is -2.48. The van der Waals surface area contributed by atoms with Crippen molar-refractivity contribution in [3.63, 3.8) is 0 Å². The molecule has 0 aliphatic heterocycles. The third kappa shape index (κ3) is 5.05. The van der Waals surface area contributed by atoms with Crippen molar-refractivity contribution >= 4 is 17.8 Å². The Bertz CT molecular complexity index is 469. The summed E-state index contributed by atoms with van der Waals surface area (Å²) in [7, 11) is 0. The van der Waals surface area contributed by atoms with E-state index in [0.717, 1.165) is 32.1 Å². The average molecular weight is 308 g/mol. The number of aromatic nitrogens is 1. The fourth-order valence-electron chi connectivity index (χ4n) is 2.67. The Balaban J connectivity index is 1.84. The molecule has 0 aromatic carbocycles. The van der Waals surface area contributed by atoms with E-state index in [1.54, 1.807) is 11.0 Å². The lowest BCUT2D eigenvalue weighted by atomic mass is 9.96. The number of carbonyl (C=O) groups is 2. The summed E-state index contributed by atoms with van der Waals surface area (Å²) in [4.78, 5) is 25.9. The maximum Gasteiger partial charge on any atom is 0.318 e. The van der Waals surface area contributed by atoms with Crippen LogP contribution in [0.1, 0.15) is 45.4 Å². The van der Waals surface area contributed by atoms with Crippen molar-refractivity contribution in [1.29, 1.82) is 0 Å². The van der Waals surface area contributed by atoms with Gasteiger partial charge in [0.15, 0.2) is 5.82 Å². The van der Waals surface area contributed by atoms with Crippen LogP contribution in [0.25, 0.3) is 0 Å². The number of urea groups is 1. The molecule has 0 atom stereocenters. The third-order valence-electron chi connectivity index (χ3n) is 3.75. The van der Waals surface area contributed by atoms with Crippen molar-refractivity contribution in [3.8, 4) is 0 Å². The fraction of sp³-hybridized carbons (Fsp3) is 0.667. The Labute approximate surface area is 130 Å². The summed E-state index contributed by atoms with van der Waals surface area (Å²) in [5, 5.41) is 9.27. The van der Waals surface area contributed by atoms with Crippen LogP contribution in [0.3, 0.4) is 0 Å². The quantitative estimate of drug-likeness (QED) is 0.844. The summed E-state index contributed by atoms with van der Waals surface area (Å²) in [6, 6.07) is 1.63. The zero-order valence-corrected chi connectivity index (χ0v) is 13.0. The fourth-order valence-corrected chi connectivity index (χ4v) is 2.67. The highest BCUT2D eigenvalue weighted by molar-refractivity contribution is 5.93. The van der Waals surface area contributed by atoms with Gasteiger partial charge in [0.2, 0.25) is 5.91 Å². The molecular formula is C15H24N4O3. The predicted molar refractivity (Wildman–Crippen MR) is 82.4 cm³/mol. The molecule has 0 radical (unpaired) electrons. The SMILES string of the molecule is CCCN(CC(=O)Nc1ccon1)C(=O)NC1CCCCC1. The first-order valence-corrected chi connectivity index (χ1v) is 7.94. The highest BCUT2D eigenvalue weighted by atomic mass is 16.5. The molecule has 2 N–H and O–H groups in total. The van der Waals surface area contributed by atoms with Crippen LogP contribution >= 0.6 is 0 Å². The average Bonchev–Trinajstić information content (AvgIpc) is 3.00. The summed E-state index contributed by atoms with van der Waals surface area (Å²) in [6.07, 6.45) is 7.79. The molecule has 0 unspecified atom stereocenters. The van der Waals surface area contributed by atoms with Gasteiger partial charge in [0.05, 0.1) is 0 Å². The van der Waals surface area contributed by atoms with Gasteiger partial charge in [0, 0.05) is 18.7 Å². The summed E-state index contributed by atoms with van der Waals surface area (Å²) < 4.78 is 4.66. The lowest BCUT2D eigenvalue weighted by molar-refractivity contribution is -0.116. The number of carbonyl (C=O) groups excluding carboxylic acids is 2. The van der Waals surface area contributed by atoms with Crippen molar-refractivity contribution in [1.82, 2.24) is 15.4 Å². The van der Waals surface area contributed by atoms with Crippen LogP contribution in [0, 0.1) is 0 Å². The Kier molecular flexibility index (Phi) is 6.24. The molecule has 122 valence electrons. The second-order valence-corrected chi connectivity index (χ2v) is 5.64. The van der Waals surface area contributed by atoms with Crippen LogP contribution in [-0.4, -0.2) is 41.1 Å². The minimum Gasteiger partial charge on any atom is -0.363 e. The monoisotopic (exact) mass is 308 g/mol. The van der Waals surface area contributed by atoms with Crippen LogP contribution in [0.4, 0.5) is 10.6 Å². The number of nitrogens with one attached hydrogen (secondary N) is 2. The maximum atomic E-state index is 12.3. The van der Waals surface area contributed by atoms with E-state index in [2.05, 4.69) is 20.3 Å². The first kappa shape index (κ1) is 16.3. The number of nitrogens with zero attached hydrogens (tertiary/aromatic N) is 2. The minimum absolute atomic E-state index is 0.0131. The van der Waals surface area contributed by atoms with E-state index in [-0.39, 0.29) is 24.5 Å². The molecule has 7 heteroatoms. The minimum atomic E-state index is -0.277. The summed E-state index contributed by atoms with van der Waals surface area (Å²) >= 11 is 0. The van der Waals surface area contributed by atoms with Crippen molar-refractivity contribution in [2.24, 2.45) is 0 Å². The van der Waals surface area contributed by atoms with E-state index < -0.39 is 0 Å². The number of amides is 3. The van der Waals surface area contributed by atoms with Gasteiger partial charge in [-0.05, 0) is 19.3 Å². The van der Waals surface area contributed by atoms with E-state index in [1.807, 2.05) is 6.92 Å². The second kappa shape index (κ2) is 8.41. The normalized spacial score (nSPS) is 15.3. The first-order chi connectivity index (χ1) is 10.7. The molecule has 0 saturated heterocycles. The largest absolute Gasteiger partial charge is 0.363 e. The predicted octanol–water partition coefficient (Wildman–Crippen LogP) is 2.37. The van der Waals surface area contributed by atoms with E-state index in [0.29, 0.717) is 12.4 Å². The molecule has 0 bridgehead atoms. The lowest BCUT2D eigenvalue weighted by Gasteiger charge is -2.27. The van der Waals surface area contributed by atoms with Gasteiger partial charge >= 0.3 is 6.03 Å². The van der Waals surface area contributed by atoms with E-state index in [9.17, 15) is 9.59 Å². The number of hydrogen-bond acceptors (Lipinski definition) is 4. The molecule has 7 nitrogen and oxygen atoms in total. The second-order valence-electron chi connectivity index (χ2n) is 5.64. The Morgan fingerprint density at radius 1 is 1.36 bits per heavy atom. The van der Waals surface area contributed by atoms with Crippen LogP contribution < -0.4 is 10.6 Å². The molecule has 1 heterocycles. The van der Waals surface area contributed by atoms with Gasteiger partial charge in [0.1, 0.15) is 12.8 Å². The van der Waals surface area contributed by atoms with Crippen molar-refractivity contribution in [3.05, 3.63) is 12.3 Å². The molecule has 1 aliphatic carbocycles. The molecule has 1 aliphatic rings. The van der Waals surface area contributed by atoms with Gasteiger partial charge < -0.3 is 20.1 Å². The number of anilines is 1. The van der Waals surface area contributed by atoms with Crippen LogP contribution in [-0.2, 0) is 4.79 Å². The topological polar surface area (TPSA) is 87.5 Å². The Morgan fingerprint density at radius 2 is 2.14 bits per heavy atom. The van der Waals surface area contributed by atoms with Crippen LogP contribution in [0.5, 0.6) is 0 Å². The van der Waals surface area contributed by atoms with Gasteiger partial charge in [-0.3, -0.25) is 4.79 Å². The highest BCUT2D eigenvalue weighted by Crippen LogP contribution is 2.17.